The number of oxazole rings is 1. The van der Waals surface area contributed by atoms with Crippen molar-refractivity contribution in [2.75, 3.05) is 55.0 Å². The quantitative estimate of drug-likeness (QED) is 0.351. The summed E-state index contributed by atoms with van der Waals surface area (Å²) in [6, 6.07) is 7.34. The Balaban J connectivity index is 1.31. The summed E-state index contributed by atoms with van der Waals surface area (Å²) in [5.74, 6) is 0.614. The fourth-order valence-corrected chi connectivity index (χ4v) is 4.72. The molecular formula is C24H26N8O4. The van der Waals surface area contributed by atoms with Crippen LogP contribution in [0, 0.1) is 5.41 Å². The van der Waals surface area contributed by atoms with Gasteiger partial charge in [0.25, 0.3) is 11.9 Å². The van der Waals surface area contributed by atoms with E-state index in [1.165, 1.54) is 0 Å². The van der Waals surface area contributed by atoms with Crippen LogP contribution in [0.15, 0.2) is 41.1 Å². The lowest BCUT2D eigenvalue weighted by Gasteiger charge is -2.48. The summed E-state index contributed by atoms with van der Waals surface area (Å²) in [4.78, 5) is 29.2. The predicted octanol–water partition coefficient (Wildman–Crippen LogP) is 1.90. The highest BCUT2D eigenvalue weighted by molar-refractivity contribution is 6.09. The topological polar surface area (TPSA) is 143 Å². The normalized spacial score (nSPS) is 16.4. The van der Waals surface area contributed by atoms with Crippen molar-refractivity contribution in [3.8, 4) is 11.3 Å². The van der Waals surface area contributed by atoms with E-state index in [1.54, 1.807) is 23.0 Å². The number of aromatic nitrogens is 5. The minimum absolute atomic E-state index is 0.0614. The Kier molecular flexibility index (Phi) is 5.53. The number of carbonyl (C=O) groups excluding carboxylic acids is 1. The molecule has 4 aromatic heterocycles. The molecule has 4 aromatic rings. The number of aliphatic hydroxyl groups is 1. The molecule has 36 heavy (non-hydrogen) atoms. The van der Waals surface area contributed by atoms with Crippen LogP contribution in [-0.4, -0.2) is 75.2 Å². The number of carbonyl (C=O) groups is 1. The van der Waals surface area contributed by atoms with E-state index in [-0.39, 0.29) is 23.9 Å². The largest absolute Gasteiger partial charge is 0.422 e. The van der Waals surface area contributed by atoms with Gasteiger partial charge in [0, 0.05) is 56.5 Å². The Morgan fingerprint density at radius 1 is 1.25 bits per heavy atom. The van der Waals surface area contributed by atoms with Gasteiger partial charge in [0.2, 0.25) is 5.65 Å². The van der Waals surface area contributed by atoms with Gasteiger partial charge in [-0.3, -0.25) is 9.48 Å². The monoisotopic (exact) mass is 490 g/mol. The number of nitrogens with zero attached hydrogens (tertiary/aromatic N) is 6. The van der Waals surface area contributed by atoms with Gasteiger partial charge in [0.1, 0.15) is 11.6 Å². The van der Waals surface area contributed by atoms with Gasteiger partial charge in [-0.05, 0) is 18.6 Å². The van der Waals surface area contributed by atoms with E-state index >= 15 is 0 Å². The lowest BCUT2D eigenvalue weighted by molar-refractivity contribution is 0.102. The molecule has 2 aliphatic rings. The number of aryl methyl sites for hydroxylation is 1. The van der Waals surface area contributed by atoms with Gasteiger partial charge in [-0.1, -0.05) is 6.07 Å². The number of pyridine rings is 2. The van der Waals surface area contributed by atoms with Crippen LogP contribution in [0.3, 0.4) is 0 Å². The molecule has 0 atom stereocenters. The van der Waals surface area contributed by atoms with Gasteiger partial charge >= 0.3 is 0 Å². The number of hydrogen-bond donors (Lipinski definition) is 3. The summed E-state index contributed by atoms with van der Waals surface area (Å²) in [7, 11) is 1.84. The molecule has 0 radical (unpaired) electrons. The third-order valence-corrected chi connectivity index (χ3v) is 6.52. The van der Waals surface area contributed by atoms with Gasteiger partial charge < -0.3 is 29.8 Å². The summed E-state index contributed by atoms with van der Waals surface area (Å²) >= 11 is 0. The summed E-state index contributed by atoms with van der Waals surface area (Å²) in [6.07, 6.45) is 4.59. The molecule has 2 saturated heterocycles. The van der Waals surface area contributed by atoms with Crippen molar-refractivity contribution in [2.24, 2.45) is 12.5 Å². The minimum atomic E-state index is -0.347. The molecule has 6 heterocycles. The summed E-state index contributed by atoms with van der Waals surface area (Å²) in [5.41, 5.74) is 2.81. The summed E-state index contributed by atoms with van der Waals surface area (Å²) in [5, 5.41) is 19.1. The molecule has 0 aliphatic carbocycles. The van der Waals surface area contributed by atoms with Crippen LogP contribution in [0.5, 0.6) is 0 Å². The zero-order valence-electron chi connectivity index (χ0n) is 19.8. The Morgan fingerprint density at radius 3 is 2.89 bits per heavy atom. The van der Waals surface area contributed by atoms with E-state index in [9.17, 15) is 4.79 Å². The number of amides is 1. The Bertz CT molecular complexity index is 1420. The molecule has 6 rings (SSSR count). The number of fused-ring (bicyclic) bond motifs is 1. The molecule has 2 fully saturated rings. The average Bonchev–Trinajstić information content (AvgIpc) is 3.60. The third kappa shape index (κ3) is 4.14. The van der Waals surface area contributed by atoms with E-state index in [0.717, 1.165) is 38.3 Å². The number of nitrogens with one attached hydrogen (secondary N) is 2. The average molecular weight is 491 g/mol. The molecule has 12 nitrogen and oxygen atoms in total. The Hall–Kier alpha value is -4.03. The number of aliphatic hydroxyl groups excluding tert-OH is 1. The standard InChI is InChI=1S/C24H26N8O4/c1-31-11-15(10-26-31)17-3-2-4-19(27-17)28-22(34)16-9-18-20(30-23(36-18)25-6-7-33)29-21(16)32-12-24(13-32)5-8-35-14-24/h2-4,9-11,33H,5-8,12-14H2,1H3,(H,25,29,30)(H,27,28,34). The van der Waals surface area contributed by atoms with Gasteiger partial charge in [-0.25, -0.2) is 9.97 Å². The van der Waals surface area contributed by atoms with Gasteiger partial charge in [0.05, 0.1) is 30.7 Å². The summed E-state index contributed by atoms with van der Waals surface area (Å²) < 4.78 is 13.0. The zero-order chi connectivity index (χ0) is 24.7. The highest BCUT2D eigenvalue weighted by Gasteiger charge is 2.47. The number of rotatable bonds is 7. The molecule has 0 bridgehead atoms. The van der Waals surface area contributed by atoms with E-state index in [4.69, 9.17) is 19.2 Å². The van der Waals surface area contributed by atoms with Crippen LogP contribution in [0.2, 0.25) is 0 Å². The summed E-state index contributed by atoms with van der Waals surface area (Å²) in [6.45, 7) is 3.23. The maximum atomic E-state index is 13.5. The highest BCUT2D eigenvalue weighted by Crippen LogP contribution is 2.41. The zero-order valence-corrected chi connectivity index (χ0v) is 19.8. The minimum Gasteiger partial charge on any atom is -0.422 e. The Labute approximate surface area is 206 Å². The molecule has 186 valence electrons. The first-order valence-electron chi connectivity index (χ1n) is 11.8. The van der Waals surface area contributed by atoms with Gasteiger partial charge in [0.15, 0.2) is 5.58 Å². The first-order valence-corrected chi connectivity index (χ1v) is 11.8. The van der Waals surface area contributed by atoms with Gasteiger partial charge in [-0.15, -0.1) is 0 Å². The first kappa shape index (κ1) is 22.4. The van der Waals surface area contributed by atoms with Crippen molar-refractivity contribution in [3.05, 3.63) is 42.2 Å². The van der Waals surface area contributed by atoms with Crippen LogP contribution in [0.1, 0.15) is 16.8 Å². The second kappa shape index (κ2) is 8.88. The molecule has 0 saturated carbocycles. The van der Waals surface area contributed by atoms with Crippen molar-refractivity contribution >= 4 is 34.8 Å². The van der Waals surface area contributed by atoms with Crippen molar-refractivity contribution in [1.29, 1.82) is 0 Å². The number of ether oxygens (including phenoxy) is 1. The second-order valence-electron chi connectivity index (χ2n) is 9.27. The van der Waals surface area contributed by atoms with Crippen LogP contribution in [0.4, 0.5) is 17.7 Å². The molecule has 3 N–H and O–H groups in total. The molecule has 1 amide bonds. The fraction of sp³-hybridized carbons (Fsp3) is 0.375. The number of hydrogen-bond acceptors (Lipinski definition) is 10. The molecular weight excluding hydrogens is 464 g/mol. The van der Waals surface area contributed by atoms with E-state index in [1.807, 2.05) is 25.4 Å². The second-order valence-corrected chi connectivity index (χ2v) is 9.27. The van der Waals surface area contributed by atoms with Crippen molar-refractivity contribution in [3.63, 3.8) is 0 Å². The highest BCUT2D eigenvalue weighted by atomic mass is 16.5. The fourth-order valence-electron chi connectivity index (χ4n) is 4.72. The van der Waals surface area contributed by atoms with Gasteiger partial charge in [-0.2, -0.15) is 10.1 Å². The maximum absolute atomic E-state index is 13.5. The maximum Gasteiger partial charge on any atom is 0.297 e. The lowest BCUT2D eigenvalue weighted by atomic mass is 9.79. The number of anilines is 3. The molecule has 12 heteroatoms. The third-order valence-electron chi connectivity index (χ3n) is 6.52. The molecule has 0 unspecified atom stereocenters. The van der Waals surface area contributed by atoms with Crippen molar-refractivity contribution in [2.45, 2.75) is 6.42 Å². The van der Waals surface area contributed by atoms with Crippen molar-refractivity contribution < 1.29 is 19.1 Å². The van der Waals surface area contributed by atoms with E-state index in [0.29, 0.717) is 40.7 Å². The van der Waals surface area contributed by atoms with E-state index < -0.39 is 0 Å². The lowest BCUT2D eigenvalue weighted by Crippen LogP contribution is -2.57. The SMILES string of the molecule is Cn1cc(-c2cccc(NC(=O)c3cc4oc(NCCO)nc4nc3N3CC4(CCOC4)C3)n2)cn1. The first-order chi connectivity index (χ1) is 17.5. The van der Waals surface area contributed by atoms with E-state index in [2.05, 4.69) is 30.6 Å². The van der Waals surface area contributed by atoms with Crippen LogP contribution in [0.25, 0.3) is 22.5 Å². The predicted molar refractivity (Wildman–Crippen MR) is 132 cm³/mol. The molecule has 1 spiro atoms. The Morgan fingerprint density at radius 2 is 2.14 bits per heavy atom. The molecule has 0 aromatic carbocycles. The van der Waals surface area contributed by atoms with Crippen molar-refractivity contribution in [1.82, 2.24) is 24.7 Å². The molecule has 2 aliphatic heterocycles. The smallest absolute Gasteiger partial charge is 0.297 e. The van der Waals surface area contributed by atoms with Crippen LogP contribution >= 0.6 is 0 Å². The van der Waals surface area contributed by atoms with Crippen LogP contribution in [-0.2, 0) is 11.8 Å². The van der Waals surface area contributed by atoms with Crippen LogP contribution < -0.4 is 15.5 Å².